The molecule has 0 radical (unpaired) electrons. The molecule has 2 heterocycles. The molecule has 1 amide bonds. The maximum atomic E-state index is 12.8. The van der Waals surface area contributed by atoms with E-state index in [1.807, 2.05) is 49.8 Å². The molecule has 0 spiro atoms. The van der Waals surface area contributed by atoms with Crippen molar-refractivity contribution >= 4 is 17.4 Å². The molecule has 0 aliphatic heterocycles. The first-order valence-electron chi connectivity index (χ1n) is 10.1. The molecule has 3 aromatic rings. The summed E-state index contributed by atoms with van der Waals surface area (Å²) in [6.45, 7) is 5.04. The van der Waals surface area contributed by atoms with Crippen LogP contribution in [0.2, 0.25) is 0 Å². The summed E-state index contributed by atoms with van der Waals surface area (Å²) in [5.41, 5.74) is 5.03. The maximum Gasteiger partial charge on any atom is 0.257 e. The normalized spacial score (nSPS) is 10.6. The van der Waals surface area contributed by atoms with Gasteiger partial charge in [-0.1, -0.05) is 32.0 Å². The van der Waals surface area contributed by atoms with Crippen molar-refractivity contribution in [1.29, 1.82) is 0 Å². The first kappa shape index (κ1) is 20.5. The van der Waals surface area contributed by atoms with Crippen LogP contribution in [0.5, 0.6) is 0 Å². The molecule has 29 heavy (non-hydrogen) atoms. The number of carbonyl (C=O) groups excluding carboxylic acids is 1. The van der Waals surface area contributed by atoms with Crippen molar-refractivity contribution in [3.05, 3.63) is 83.3 Å². The van der Waals surface area contributed by atoms with Crippen LogP contribution in [0.3, 0.4) is 0 Å². The van der Waals surface area contributed by atoms with E-state index in [-0.39, 0.29) is 5.91 Å². The first-order chi connectivity index (χ1) is 14.1. The lowest BCUT2D eigenvalue weighted by Crippen LogP contribution is -2.22. The lowest BCUT2D eigenvalue weighted by atomic mass is 10.0. The lowest BCUT2D eigenvalue weighted by Gasteiger charge is -2.18. The summed E-state index contributed by atoms with van der Waals surface area (Å²) in [7, 11) is 2.01. The first-order valence-corrected chi connectivity index (χ1v) is 10.1. The number of para-hydroxylation sites is 1. The van der Waals surface area contributed by atoms with Gasteiger partial charge in [-0.05, 0) is 60.2 Å². The van der Waals surface area contributed by atoms with Crippen LogP contribution in [0.25, 0.3) is 0 Å². The van der Waals surface area contributed by atoms with Crippen LogP contribution in [-0.4, -0.2) is 29.5 Å². The molecule has 0 unspecified atom stereocenters. The fraction of sp³-hybridized carbons (Fsp3) is 0.292. The fourth-order valence-electron chi connectivity index (χ4n) is 3.30. The topological polar surface area (TPSA) is 58.1 Å². The second-order valence-electron chi connectivity index (χ2n) is 7.04. The molecule has 1 N–H and O–H groups in total. The van der Waals surface area contributed by atoms with E-state index in [9.17, 15) is 4.79 Å². The Morgan fingerprint density at radius 1 is 1.00 bits per heavy atom. The highest BCUT2D eigenvalue weighted by Gasteiger charge is 2.13. The number of aryl methyl sites for hydroxylation is 2. The van der Waals surface area contributed by atoms with Crippen LogP contribution in [0.15, 0.2) is 61.1 Å². The van der Waals surface area contributed by atoms with Gasteiger partial charge in [0.1, 0.15) is 5.82 Å². The van der Waals surface area contributed by atoms with Gasteiger partial charge in [0.25, 0.3) is 5.91 Å². The predicted molar refractivity (Wildman–Crippen MR) is 119 cm³/mol. The third kappa shape index (κ3) is 5.19. The molecular weight excluding hydrogens is 360 g/mol. The Morgan fingerprint density at radius 3 is 2.28 bits per heavy atom. The summed E-state index contributed by atoms with van der Waals surface area (Å²) >= 11 is 0. The van der Waals surface area contributed by atoms with Crippen LogP contribution in [0.1, 0.15) is 40.9 Å². The molecule has 0 saturated heterocycles. The molecular formula is C24H28N4O. The molecule has 0 aliphatic carbocycles. The Balaban J connectivity index is 1.66. The van der Waals surface area contributed by atoms with Crippen molar-refractivity contribution in [3.63, 3.8) is 0 Å². The quantitative estimate of drug-likeness (QED) is 0.616. The van der Waals surface area contributed by atoms with E-state index in [0.29, 0.717) is 5.56 Å². The van der Waals surface area contributed by atoms with Crippen molar-refractivity contribution in [3.8, 4) is 0 Å². The van der Waals surface area contributed by atoms with Gasteiger partial charge in [0.2, 0.25) is 0 Å². The number of likely N-dealkylation sites (N-methyl/N-ethyl adjacent to an activating group) is 1. The lowest BCUT2D eigenvalue weighted by molar-refractivity contribution is 0.102. The molecule has 2 aromatic heterocycles. The SMILES string of the molecule is CCc1cccc(CC)c1NC(=O)c1ccc(N(C)CCc2ccncc2)nc1. The number of rotatable bonds is 8. The number of carbonyl (C=O) groups is 1. The van der Waals surface area contributed by atoms with E-state index in [2.05, 4.69) is 46.2 Å². The zero-order valence-corrected chi connectivity index (χ0v) is 17.4. The van der Waals surface area contributed by atoms with Crippen molar-refractivity contribution in [2.75, 3.05) is 23.8 Å². The van der Waals surface area contributed by atoms with E-state index < -0.39 is 0 Å². The number of nitrogens with one attached hydrogen (secondary N) is 1. The molecule has 5 heteroatoms. The van der Waals surface area contributed by atoms with Gasteiger partial charge in [0.05, 0.1) is 5.56 Å². The number of nitrogens with zero attached hydrogens (tertiary/aromatic N) is 3. The molecule has 150 valence electrons. The summed E-state index contributed by atoms with van der Waals surface area (Å²) in [6.07, 6.45) is 7.93. The molecule has 0 atom stereocenters. The summed E-state index contributed by atoms with van der Waals surface area (Å²) in [5, 5.41) is 3.09. The molecule has 0 bridgehead atoms. The van der Waals surface area contributed by atoms with Gasteiger partial charge >= 0.3 is 0 Å². The number of hydrogen-bond donors (Lipinski definition) is 1. The minimum Gasteiger partial charge on any atom is -0.359 e. The average molecular weight is 389 g/mol. The van der Waals surface area contributed by atoms with Crippen LogP contribution in [-0.2, 0) is 19.3 Å². The zero-order valence-electron chi connectivity index (χ0n) is 17.4. The van der Waals surface area contributed by atoms with E-state index in [0.717, 1.165) is 48.4 Å². The number of aromatic nitrogens is 2. The highest BCUT2D eigenvalue weighted by Crippen LogP contribution is 2.23. The van der Waals surface area contributed by atoms with Crippen molar-refractivity contribution < 1.29 is 4.79 Å². The number of amides is 1. The number of pyridine rings is 2. The summed E-state index contributed by atoms with van der Waals surface area (Å²) in [6, 6.07) is 13.9. The van der Waals surface area contributed by atoms with Crippen molar-refractivity contribution in [2.24, 2.45) is 0 Å². The molecule has 5 nitrogen and oxygen atoms in total. The van der Waals surface area contributed by atoms with Crippen molar-refractivity contribution in [2.45, 2.75) is 33.1 Å². The molecule has 0 saturated carbocycles. The van der Waals surface area contributed by atoms with E-state index in [1.54, 1.807) is 6.20 Å². The van der Waals surface area contributed by atoms with Crippen LogP contribution < -0.4 is 10.2 Å². The van der Waals surface area contributed by atoms with E-state index >= 15 is 0 Å². The Kier molecular flexibility index (Phi) is 6.95. The minimum absolute atomic E-state index is 0.126. The van der Waals surface area contributed by atoms with Crippen LogP contribution >= 0.6 is 0 Å². The molecule has 0 aliphatic rings. The highest BCUT2D eigenvalue weighted by atomic mass is 16.1. The number of anilines is 2. The Morgan fingerprint density at radius 2 is 1.69 bits per heavy atom. The third-order valence-electron chi connectivity index (χ3n) is 5.12. The third-order valence-corrected chi connectivity index (χ3v) is 5.12. The zero-order chi connectivity index (χ0) is 20.6. The largest absolute Gasteiger partial charge is 0.359 e. The van der Waals surface area contributed by atoms with Gasteiger partial charge in [0.15, 0.2) is 0 Å². The Labute approximate surface area is 172 Å². The minimum atomic E-state index is -0.126. The van der Waals surface area contributed by atoms with Crippen LogP contribution in [0.4, 0.5) is 11.5 Å². The number of benzene rings is 1. The maximum absolute atomic E-state index is 12.8. The smallest absolute Gasteiger partial charge is 0.257 e. The Bertz CT molecular complexity index is 917. The molecule has 3 rings (SSSR count). The monoisotopic (exact) mass is 388 g/mol. The predicted octanol–water partition coefficient (Wildman–Crippen LogP) is 4.53. The fourth-order valence-corrected chi connectivity index (χ4v) is 3.30. The van der Waals surface area contributed by atoms with Gasteiger partial charge < -0.3 is 10.2 Å². The van der Waals surface area contributed by atoms with Gasteiger partial charge in [-0.25, -0.2) is 4.98 Å². The summed E-state index contributed by atoms with van der Waals surface area (Å²) in [4.78, 5) is 23.4. The van der Waals surface area contributed by atoms with E-state index in [1.165, 1.54) is 5.56 Å². The average Bonchev–Trinajstić information content (AvgIpc) is 2.78. The standard InChI is InChI=1S/C24H28N4O/c1-4-19-7-6-8-20(5-2)23(19)27-24(29)21-9-10-22(26-17-21)28(3)16-13-18-11-14-25-15-12-18/h6-12,14-15,17H,4-5,13,16H2,1-3H3,(H,27,29). The summed E-state index contributed by atoms with van der Waals surface area (Å²) in [5.74, 6) is 0.720. The van der Waals surface area contributed by atoms with Gasteiger partial charge in [-0.15, -0.1) is 0 Å². The molecule has 1 aromatic carbocycles. The van der Waals surface area contributed by atoms with Crippen molar-refractivity contribution in [1.82, 2.24) is 9.97 Å². The second-order valence-corrected chi connectivity index (χ2v) is 7.04. The highest BCUT2D eigenvalue weighted by molar-refractivity contribution is 6.05. The van der Waals surface area contributed by atoms with Gasteiger partial charge in [-0.2, -0.15) is 0 Å². The number of hydrogen-bond acceptors (Lipinski definition) is 4. The Hall–Kier alpha value is -3.21. The summed E-state index contributed by atoms with van der Waals surface area (Å²) < 4.78 is 0. The van der Waals surface area contributed by atoms with Gasteiger partial charge in [-0.3, -0.25) is 9.78 Å². The van der Waals surface area contributed by atoms with E-state index in [4.69, 9.17) is 0 Å². The molecule has 0 fully saturated rings. The van der Waals surface area contributed by atoms with Crippen LogP contribution in [0, 0.1) is 0 Å². The van der Waals surface area contributed by atoms with Gasteiger partial charge in [0, 0.05) is 37.9 Å². The second kappa shape index (κ2) is 9.82.